The monoisotopic (exact) mass is 562 g/mol. The Kier molecular flexibility index (Phi) is 9.42. The average molecular weight is 563 g/mol. The van der Waals surface area contributed by atoms with Gasteiger partial charge < -0.3 is 18.9 Å². The van der Waals surface area contributed by atoms with Gasteiger partial charge in [-0.2, -0.15) is 0 Å². The SMILES string of the molecule is CCOC(=O)C1CC1.Cc1cc(OC2CCS(=O)CC2)cc2c1-c1cc(COc3ccccc3)ccc1OCC2. The number of carbonyl (C=O) groups excluding carboxylic acids is 1. The van der Waals surface area contributed by atoms with E-state index >= 15 is 0 Å². The minimum atomic E-state index is -0.676. The Balaban J connectivity index is 0.000000348. The lowest BCUT2D eigenvalue weighted by Crippen LogP contribution is -2.27. The number of ether oxygens (including phenoxy) is 4. The molecule has 7 heteroatoms. The predicted molar refractivity (Wildman–Crippen MR) is 157 cm³/mol. The topological polar surface area (TPSA) is 71.1 Å². The molecule has 6 nitrogen and oxygen atoms in total. The number of hydrogen-bond acceptors (Lipinski definition) is 6. The van der Waals surface area contributed by atoms with Crippen LogP contribution in [0.1, 0.15) is 49.3 Å². The van der Waals surface area contributed by atoms with Gasteiger partial charge in [-0.15, -0.1) is 0 Å². The first-order valence-electron chi connectivity index (χ1n) is 14.3. The van der Waals surface area contributed by atoms with E-state index in [1.54, 1.807) is 0 Å². The van der Waals surface area contributed by atoms with Gasteiger partial charge >= 0.3 is 5.97 Å². The second-order valence-electron chi connectivity index (χ2n) is 10.5. The molecule has 212 valence electrons. The molecule has 0 bridgehead atoms. The summed E-state index contributed by atoms with van der Waals surface area (Å²) in [6.45, 7) is 5.65. The van der Waals surface area contributed by atoms with Gasteiger partial charge in [0.2, 0.25) is 0 Å². The Morgan fingerprint density at radius 1 is 0.975 bits per heavy atom. The number of fused-ring (bicyclic) bond motifs is 3. The Morgan fingerprint density at radius 3 is 2.48 bits per heavy atom. The molecule has 40 heavy (non-hydrogen) atoms. The van der Waals surface area contributed by atoms with Crippen molar-refractivity contribution in [1.82, 2.24) is 0 Å². The highest BCUT2D eigenvalue weighted by Crippen LogP contribution is 2.40. The van der Waals surface area contributed by atoms with Crippen molar-refractivity contribution in [3.63, 3.8) is 0 Å². The summed E-state index contributed by atoms with van der Waals surface area (Å²) >= 11 is 0. The van der Waals surface area contributed by atoms with Crippen LogP contribution in [0.15, 0.2) is 60.7 Å². The van der Waals surface area contributed by atoms with Crippen molar-refractivity contribution in [2.24, 2.45) is 5.92 Å². The number of esters is 1. The van der Waals surface area contributed by atoms with Crippen LogP contribution in [0, 0.1) is 12.8 Å². The van der Waals surface area contributed by atoms with Crippen LogP contribution >= 0.6 is 0 Å². The standard InChI is InChI=1S/C27H28O4S.C6H10O2/c1-19-15-24(31-23-10-13-32(28)14-11-23)17-21-9-12-29-26-8-7-20(16-25(26)27(19)21)18-30-22-5-3-2-4-6-22;1-2-8-6(7)5-3-4-5/h2-8,15-17,23H,9-14,18H2,1H3;5H,2-4H2,1H3. The smallest absolute Gasteiger partial charge is 0.308 e. The number of para-hydroxylation sites is 1. The predicted octanol–water partition coefficient (Wildman–Crippen LogP) is 6.43. The maximum atomic E-state index is 11.6. The lowest BCUT2D eigenvalue weighted by Gasteiger charge is -2.24. The third kappa shape index (κ3) is 7.45. The molecule has 2 aliphatic heterocycles. The van der Waals surface area contributed by atoms with E-state index in [1.165, 1.54) is 16.7 Å². The number of aryl methyl sites for hydroxylation is 1. The normalized spacial score (nSPS) is 19.4. The van der Waals surface area contributed by atoms with Gasteiger partial charge in [0.05, 0.1) is 19.1 Å². The Hall–Kier alpha value is -3.32. The molecule has 1 saturated carbocycles. The lowest BCUT2D eigenvalue weighted by atomic mass is 9.92. The molecule has 1 aliphatic carbocycles. The zero-order valence-corrected chi connectivity index (χ0v) is 24.2. The van der Waals surface area contributed by atoms with Crippen LogP contribution in [-0.2, 0) is 33.4 Å². The molecule has 3 aromatic rings. The molecule has 2 fully saturated rings. The van der Waals surface area contributed by atoms with Crippen LogP contribution in [0.4, 0.5) is 0 Å². The minimum Gasteiger partial charge on any atom is -0.493 e. The summed E-state index contributed by atoms with van der Waals surface area (Å²) in [6, 6.07) is 20.5. The molecule has 0 spiro atoms. The largest absolute Gasteiger partial charge is 0.493 e. The highest BCUT2D eigenvalue weighted by Gasteiger charge is 2.30. The van der Waals surface area contributed by atoms with E-state index in [-0.39, 0.29) is 18.0 Å². The molecular formula is C33H38O6S. The quantitative estimate of drug-likeness (QED) is 0.309. The van der Waals surface area contributed by atoms with Crippen LogP contribution in [0.3, 0.4) is 0 Å². The van der Waals surface area contributed by atoms with Gasteiger partial charge in [0.25, 0.3) is 0 Å². The van der Waals surface area contributed by atoms with Crippen molar-refractivity contribution < 1.29 is 28.0 Å². The van der Waals surface area contributed by atoms with Crippen LogP contribution < -0.4 is 14.2 Å². The molecule has 0 amide bonds. The van der Waals surface area contributed by atoms with Gasteiger partial charge in [-0.1, -0.05) is 24.3 Å². The summed E-state index contributed by atoms with van der Waals surface area (Å²) < 4.78 is 34.7. The summed E-state index contributed by atoms with van der Waals surface area (Å²) in [5.74, 6) is 4.42. The van der Waals surface area contributed by atoms with Gasteiger partial charge in [0.1, 0.15) is 30.0 Å². The van der Waals surface area contributed by atoms with Gasteiger partial charge in [-0.25, -0.2) is 0 Å². The molecule has 0 N–H and O–H groups in total. The Bertz CT molecular complexity index is 1320. The third-order valence-electron chi connectivity index (χ3n) is 7.32. The number of hydrogen-bond donors (Lipinski definition) is 0. The highest BCUT2D eigenvalue weighted by atomic mass is 32.2. The first-order chi connectivity index (χ1) is 19.5. The maximum absolute atomic E-state index is 11.6. The number of rotatable bonds is 7. The maximum Gasteiger partial charge on any atom is 0.308 e. The van der Waals surface area contributed by atoms with Crippen LogP contribution in [0.2, 0.25) is 0 Å². The van der Waals surface area contributed by atoms with Crippen molar-refractivity contribution in [1.29, 1.82) is 0 Å². The first-order valence-corrected chi connectivity index (χ1v) is 15.7. The van der Waals surface area contributed by atoms with E-state index in [0.717, 1.165) is 72.0 Å². The fourth-order valence-corrected chi connectivity index (χ4v) is 6.33. The van der Waals surface area contributed by atoms with E-state index in [1.807, 2.05) is 37.3 Å². The zero-order chi connectivity index (χ0) is 27.9. The lowest BCUT2D eigenvalue weighted by molar-refractivity contribution is -0.144. The van der Waals surface area contributed by atoms with Gasteiger partial charge in [0, 0.05) is 34.3 Å². The molecule has 0 unspecified atom stereocenters. The molecular weight excluding hydrogens is 524 g/mol. The molecule has 3 aromatic carbocycles. The van der Waals surface area contributed by atoms with E-state index in [2.05, 4.69) is 37.3 Å². The number of benzene rings is 3. The summed E-state index contributed by atoms with van der Waals surface area (Å²) in [7, 11) is -0.676. The second kappa shape index (κ2) is 13.4. The molecule has 0 aromatic heterocycles. The summed E-state index contributed by atoms with van der Waals surface area (Å²) in [4.78, 5) is 10.6. The van der Waals surface area contributed by atoms with Crippen LogP contribution in [0.25, 0.3) is 11.1 Å². The summed E-state index contributed by atoms with van der Waals surface area (Å²) in [6.07, 6.45) is 4.80. The summed E-state index contributed by atoms with van der Waals surface area (Å²) in [5.41, 5.74) is 5.89. The van der Waals surface area contributed by atoms with Gasteiger partial charge in [0.15, 0.2) is 0 Å². The van der Waals surface area contributed by atoms with Crippen LogP contribution in [-0.4, -0.2) is 41.0 Å². The van der Waals surface area contributed by atoms with Crippen molar-refractivity contribution in [2.75, 3.05) is 24.7 Å². The van der Waals surface area contributed by atoms with E-state index in [0.29, 0.717) is 19.8 Å². The molecule has 1 saturated heterocycles. The number of carbonyl (C=O) groups is 1. The van der Waals surface area contributed by atoms with Crippen molar-refractivity contribution in [3.05, 3.63) is 77.4 Å². The second-order valence-corrected chi connectivity index (χ2v) is 12.2. The highest BCUT2D eigenvalue weighted by molar-refractivity contribution is 7.85. The molecule has 6 rings (SSSR count). The fraction of sp³-hybridized carbons (Fsp3) is 0.424. The molecule has 0 radical (unpaired) electrons. The summed E-state index contributed by atoms with van der Waals surface area (Å²) in [5, 5.41) is 0. The molecule has 3 aliphatic rings. The van der Waals surface area contributed by atoms with Crippen molar-refractivity contribution in [2.45, 2.75) is 58.7 Å². The zero-order valence-electron chi connectivity index (χ0n) is 23.4. The minimum absolute atomic E-state index is 0.00694. The van der Waals surface area contributed by atoms with Crippen LogP contribution in [0.5, 0.6) is 17.2 Å². The van der Waals surface area contributed by atoms with Gasteiger partial charge in [-0.3, -0.25) is 9.00 Å². The first kappa shape index (κ1) is 28.2. The molecule has 2 heterocycles. The Morgan fingerprint density at radius 2 is 1.75 bits per heavy atom. The van der Waals surface area contributed by atoms with Gasteiger partial charge in [-0.05, 0) is 98.2 Å². The van der Waals surface area contributed by atoms with E-state index < -0.39 is 10.8 Å². The van der Waals surface area contributed by atoms with E-state index in [4.69, 9.17) is 18.9 Å². The average Bonchev–Trinajstić information content (AvgIpc) is 3.82. The van der Waals surface area contributed by atoms with Crippen molar-refractivity contribution >= 4 is 16.8 Å². The fourth-order valence-electron chi connectivity index (χ4n) is 5.08. The third-order valence-corrected chi connectivity index (χ3v) is 8.70. The van der Waals surface area contributed by atoms with Crippen molar-refractivity contribution in [3.8, 4) is 28.4 Å². The Labute approximate surface area is 239 Å². The molecule has 0 atom stereocenters. The van der Waals surface area contributed by atoms with E-state index in [9.17, 15) is 9.00 Å².